The molecule has 30 heavy (non-hydrogen) atoms. The number of halogens is 1. The average Bonchev–Trinajstić information content (AvgIpc) is 2.91. The molecule has 1 aliphatic carbocycles. The maximum atomic E-state index is 11.7. The summed E-state index contributed by atoms with van der Waals surface area (Å²) < 4.78 is 4.92. The number of anilines is 1. The Hall–Kier alpha value is -2.90. The molecule has 0 spiro atoms. The van der Waals surface area contributed by atoms with Gasteiger partial charge in [0.1, 0.15) is 11.3 Å². The van der Waals surface area contributed by atoms with Crippen molar-refractivity contribution in [2.75, 3.05) is 11.6 Å². The lowest BCUT2D eigenvalue weighted by molar-refractivity contribution is 0.154. The highest BCUT2D eigenvalue weighted by molar-refractivity contribution is 6.45. The Bertz CT molecular complexity index is 946. The van der Waals surface area contributed by atoms with Gasteiger partial charge in [-0.05, 0) is 62.6 Å². The molecule has 0 aromatic heterocycles. The van der Waals surface area contributed by atoms with Crippen LogP contribution >= 0.6 is 11.6 Å². The molecule has 1 unspecified atom stereocenters. The largest absolute Gasteiger partial charge is 0.450 e. The number of aliphatic hydroxyl groups is 1. The van der Waals surface area contributed by atoms with E-state index in [4.69, 9.17) is 21.7 Å². The van der Waals surface area contributed by atoms with Crippen LogP contribution in [-0.4, -0.2) is 34.8 Å². The summed E-state index contributed by atoms with van der Waals surface area (Å²) in [5, 5.41) is 29.4. The van der Waals surface area contributed by atoms with Crippen molar-refractivity contribution in [3.05, 3.63) is 65.0 Å². The number of alkyl carbamates (subject to hydrolysis) is 1. The molecule has 3 rings (SSSR count). The average molecular weight is 429 g/mol. The third-order valence-electron chi connectivity index (χ3n) is 4.87. The normalized spacial score (nSPS) is 18.6. The van der Waals surface area contributed by atoms with Crippen molar-refractivity contribution in [3.8, 4) is 0 Å². The minimum atomic E-state index is -1.48. The highest BCUT2D eigenvalue weighted by atomic mass is 35.5. The van der Waals surface area contributed by atoms with E-state index >= 15 is 0 Å². The molecule has 158 valence electrons. The van der Waals surface area contributed by atoms with Crippen molar-refractivity contribution >= 4 is 34.8 Å². The summed E-state index contributed by atoms with van der Waals surface area (Å²) in [6, 6.07) is 7.16. The van der Waals surface area contributed by atoms with E-state index in [-0.39, 0.29) is 18.0 Å². The Kier molecular flexibility index (Phi) is 6.74. The first kappa shape index (κ1) is 21.8. The van der Waals surface area contributed by atoms with E-state index in [0.717, 1.165) is 5.69 Å². The maximum absolute atomic E-state index is 11.7. The van der Waals surface area contributed by atoms with Crippen LogP contribution in [0.25, 0.3) is 0 Å². The van der Waals surface area contributed by atoms with Crippen molar-refractivity contribution in [2.24, 2.45) is 5.10 Å². The molecule has 1 aromatic carbocycles. The fraction of sp³-hybridized carbons (Fsp3) is 0.318. The molecule has 1 aliphatic heterocycles. The van der Waals surface area contributed by atoms with Crippen LogP contribution in [0.5, 0.6) is 0 Å². The first-order chi connectivity index (χ1) is 14.3. The molecule has 3 N–H and O–H groups in total. The Morgan fingerprint density at radius 2 is 2.13 bits per heavy atom. The van der Waals surface area contributed by atoms with Gasteiger partial charge in [-0.1, -0.05) is 23.8 Å². The Morgan fingerprint density at radius 1 is 1.40 bits per heavy atom. The van der Waals surface area contributed by atoms with Gasteiger partial charge in [0.25, 0.3) is 0 Å². The minimum Gasteiger partial charge on any atom is -0.450 e. The van der Waals surface area contributed by atoms with Gasteiger partial charge in [-0.2, -0.15) is 5.10 Å². The van der Waals surface area contributed by atoms with Crippen molar-refractivity contribution in [1.29, 1.82) is 5.41 Å². The smallest absolute Gasteiger partial charge is 0.411 e. The maximum Gasteiger partial charge on any atom is 0.411 e. The van der Waals surface area contributed by atoms with Crippen LogP contribution < -0.4 is 10.3 Å². The molecule has 1 atom stereocenters. The van der Waals surface area contributed by atoms with Crippen LogP contribution in [0.3, 0.4) is 0 Å². The standard InChI is InChI=1S/C22H25ClN4O3/c1-3-30-21(28)25-17-7-4-6-15(14-17)22(2,29)20-19(24)8-5-13-27(26-20)18-11-9-16(23)10-12-18/h5,7,9-14,24,29H,3-4,6,8H2,1-2H3,(H,25,28). The quantitative estimate of drug-likeness (QED) is 0.641. The van der Waals surface area contributed by atoms with Gasteiger partial charge in [0, 0.05) is 23.3 Å². The molecule has 8 heteroatoms. The number of amides is 1. The van der Waals surface area contributed by atoms with Crippen LogP contribution in [0.4, 0.5) is 10.5 Å². The second-order valence-corrected chi connectivity index (χ2v) is 7.56. The molecule has 2 aliphatic rings. The SMILES string of the molecule is CCOC(=O)NC1=CCCC(C(C)(O)C2=NN(c3ccc(Cl)cc3)C=CCC2=N)=C1. The number of hydrogen-bond donors (Lipinski definition) is 3. The summed E-state index contributed by atoms with van der Waals surface area (Å²) in [6.45, 7) is 3.64. The van der Waals surface area contributed by atoms with Crippen molar-refractivity contribution in [1.82, 2.24) is 5.32 Å². The van der Waals surface area contributed by atoms with Gasteiger partial charge in [0.05, 0.1) is 18.0 Å². The summed E-state index contributed by atoms with van der Waals surface area (Å²) in [6.07, 6.45) is 8.22. The molecular weight excluding hydrogens is 404 g/mol. The van der Waals surface area contributed by atoms with E-state index in [2.05, 4.69) is 10.4 Å². The Labute approximate surface area is 180 Å². The monoisotopic (exact) mass is 428 g/mol. The molecule has 1 aromatic rings. The molecule has 0 bridgehead atoms. The summed E-state index contributed by atoms with van der Waals surface area (Å²) in [4.78, 5) is 11.7. The molecule has 7 nitrogen and oxygen atoms in total. The number of ether oxygens (including phenoxy) is 1. The van der Waals surface area contributed by atoms with Gasteiger partial charge in [0.2, 0.25) is 0 Å². The number of hydrazone groups is 1. The number of nitrogens with zero attached hydrogens (tertiary/aromatic N) is 2. The zero-order chi connectivity index (χ0) is 21.7. The van der Waals surface area contributed by atoms with Crippen LogP contribution in [0.2, 0.25) is 5.02 Å². The van der Waals surface area contributed by atoms with E-state index in [1.807, 2.05) is 24.3 Å². The summed E-state index contributed by atoms with van der Waals surface area (Å²) >= 11 is 5.98. The Morgan fingerprint density at radius 3 is 2.83 bits per heavy atom. The van der Waals surface area contributed by atoms with Gasteiger partial charge in [0.15, 0.2) is 0 Å². The summed E-state index contributed by atoms with van der Waals surface area (Å²) in [7, 11) is 0. The zero-order valence-electron chi connectivity index (χ0n) is 17.0. The van der Waals surface area contributed by atoms with Crippen LogP contribution in [0, 0.1) is 5.41 Å². The van der Waals surface area contributed by atoms with Crippen LogP contribution in [0.1, 0.15) is 33.1 Å². The number of carbonyl (C=O) groups is 1. The minimum absolute atomic E-state index is 0.225. The third-order valence-corrected chi connectivity index (χ3v) is 5.12. The lowest BCUT2D eigenvalue weighted by Gasteiger charge is -2.31. The molecular formula is C22H25ClN4O3. The number of allylic oxidation sites excluding steroid dienone is 3. The third kappa shape index (κ3) is 4.98. The van der Waals surface area contributed by atoms with Gasteiger partial charge < -0.3 is 15.3 Å². The number of rotatable bonds is 5. The highest BCUT2D eigenvalue weighted by Gasteiger charge is 2.36. The second kappa shape index (κ2) is 9.28. The van der Waals surface area contributed by atoms with E-state index in [1.54, 1.807) is 43.3 Å². The van der Waals surface area contributed by atoms with Crippen molar-refractivity contribution in [3.63, 3.8) is 0 Å². The molecule has 0 saturated carbocycles. The van der Waals surface area contributed by atoms with Gasteiger partial charge >= 0.3 is 6.09 Å². The van der Waals surface area contributed by atoms with E-state index in [9.17, 15) is 9.90 Å². The summed E-state index contributed by atoms with van der Waals surface area (Å²) in [5.41, 5.74) is 0.987. The predicted octanol–water partition coefficient (Wildman–Crippen LogP) is 4.54. The molecule has 0 fully saturated rings. The first-order valence-electron chi connectivity index (χ1n) is 9.77. The lowest BCUT2D eigenvalue weighted by Crippen LogP contribution is -2.43. The molecule has 0 saturated heterocycles. The van der Waals surface area contributed by atoms with Crippen LogP contribution in [0.15, 0.2) is 65.1 Å². The number of nitrogens with one attached hydrogen (secondary N) is 2. The van der Waals surface area contributed by atoms with E-state index < -0.39 is 11.7 Å². The van der Waals surface area contributed by atoms with Gasteiger partial charge in [-0.25, -0.2) is 9.80 Å². The Balaban J connectivity index is 1.91. The van der Waals surface area contributed by atoms with Gasteiger partial charge in [-0.15, -0.1) is 0 Å². The first-order valence-corrected chi connectivity index (χ1v) is 10.1. The predicted molar refractivity (Wildman–Crippen MR) is 119 cm³/mol. The fourth-order valence-corrected chi connectivity index (χ4v) is 3.43. The fourth-order valence-electron chi connectivity index (χ4n) is 3.31. The van der Waals surface area contributed by atoms with Crippen molar-refractivity contribution < 1.29 is 14.6 Å². The number of carbonyl (C=O) groups excluding carboxylic acids is 1. The molecule has 1 heterocycles. The van der Waals surface area contributed by atoms with E-state index in [1.165, 1.54) is 0 Å². The van der Waals surface area contributed by atoms with Crippen molar-refractivity contribution in [2.45, 2.75) is 38.7 Å². The number of hydrogen-bond acceptors (Lipinski definition) is 6. The second-order valence-electron chi connectivity index (χ2n) is 7.12. The molecule has 1 amide bonds. The highest BCUT2D eigenvalue weighted by Crippen LogP contribution is 2.30. The lowest BCUT2D eigenvalue weighted by atomic mass is 9.82. The van der Waals surface area contributed by atoms with E-state index in [0.29, 0.717) is 35.6 Å². The topological polar surface area (TPSA) is 98.0 Å². The van der Waals surface area contributed by atoms with Crippen LogP contribution in [-0.2, 0) is 4.74 Å². The van der Waals surface area contributed by atoms with Gasteiger partial charge in [-0.3, -0.25) is 5.32 Å². The molecule has 0 radical (unpaired) electrons. The summed E-state index contributed by atoms with van der Waals surface area (Å²) in [5.74, 6) is 0. The number of benzene rings is 1. The zero-order valence-corrected chi connectivity index (χ0v) is 17.7.